The van der Waals surface area contributed by atoms with Crippen molar-refractivity contribution in [3.63, 3.8) is 0 Å². The molecule has 0 aliphatic carbocycles. The molecular formula is C20H26N2O5. The number of hydrogen-bond acceptors (Lipinski definition) is 5. The summed E-state index contributed by atoms with van der Waals surface area (Å²) in [6.07, 6.45) is 1.52. The van der Waals surface area contributed by atoms with Crippen molar-refractivity contribution in [3.8, 4) is 0 Å². The van der Waals surface area contributed by atoms with Gasteiger partial charge >= 0.3 is 11.9 Å². The second kappa shape index (κ2) is 7.31. The zero-order chi connectivity index (χ0) is 19.8. The Balaban J connectivity index is 1.95. The number of amides is 1. The molecule has 1 fully saturated rings. The molecule has 2 aliphatic rings. The highest BCUT2D eigenvalue weighted by Crippen LogP contribution is 2.33. The molecule has 1 aromatic rings. The van der Waals surface area contributed by atoms with Crippen LogP contribution in [0, 0.1) is 5.92 Å². The maximum atomic E-state index is 13.1. The molecule has 3 rings (SSSR count). The Hall–Kier alpha value is -2.41. The topological polar surface area (TPSA) is 95.9 Å². The van der Waals surface area contributed by atoms with Gasteiger partial charge in [0.05, 0.1) is 11.1 Å². The Kier molecular flexibility index (Phi) is 5.24. The number of nitrogens with one attached hydrogen (secondary N) is 1. The molecule has 0 saturated carbocycles. The van der Waals surface area contributed by atoms with E-state index >= 15 is 0 Å². The molecule has 2 aliphatic heterocycles. The first kappa shape index (κ1) is 19.4. The van der Waals surface area contributed by atoms with Crippen molar-refractivity contribution in [2.45, 2.75) is 51.8 Å². The molecule has 0 radical (unpaired) electrons. The summed E-state index contributed by atoms with van der Waals surface area (Å²) in [5.74, 6) is -1.99. The Morgan fingerprint density at radius 1 is 1.26 bits per heavy atom. The zero-order valence-corrected chi connectivity index (χ0v) is 15.9. The van der Waals surface area contributed by atoms with Crippen LogP contribution in [0.4, 0.5) is 0 Å². The fraction of sp³-hybridized carbons (Fsp3) is 0.550. The lowest BCUT2D eigenvalue weighted by Crippen LogP contribution is -2.51. The molecular weight excluding hydrogens is 348 g/mol. The number of carboxylic acids is 1. The van der Waals surface area contributed by atoms with Gasteiger partial charge in [0.25, 0.3) is 5.91 Å². The number of aromatic carboxylic acids is 1. The van der Waals surface area contributed by atoms with Gasteiger partial charge in [0.1, 0.15) is 11.6 Å². The van der Waals surface area contributed by atoms with E-state index in [-0.39, 0.29) is 23.6 Å². The van der Waals surface area contributed by atoms with Gasteiger partial charge in [-0.05, 0) is 64.3 Å². The number of carboxylic acid groups (broad SMARTS) is 1. The van der Waals surface area contributed by atoms with Crippen molar-refractivity contribution in [1.82, 2.24) is 10.2 Å². The van der Waals surface area contributed by atoms with Gasteiger partial charge in [0.2, 0.25) is 0 Å². The first-order valence-corrected chi connectivity index (χ1v) is 9.29. The minimum Gasteiger partial charge on any atom is -0.478 e. The van der Waals surface area contributed by atoms with Gasteiger partial charge in [0.15, 0.2) is 0 Å². The smallest absolute Gasteiger partial charge is 0.336 e. The number of piperidine rings is 1. The lowest BCUT2D eigenvalue weighted by atomic mass is 9.89. The number of carbonyl (C=O) groups is 3. The van der Waals surface area contributed by atoms with Crippen LogP contribution in [0.1, 0.15) is 59.9 Å². The van der Waals surface area contributed by atoms with Crippen molar-refractivity contribution in [1.29, 1.82) is 0 Å². The molecule has 1 aromatic carbocycles. The van der Waals surface area contributed by atoms with E-state index in [1.165, 1.54) is 11.0 Å². The molecule has 0 bridgehead atoms. The Bertz CT molecular complexity index is 762. The number of hydrogen-bond donors (Lipinski definition) is 2. The molecule has 1 amide bonds. The van der Waals surface area contributed by atoms with Crippen molar-refractivity contribution < 1.29 is 24.2 Å². The summed E-state index contributed by atoms with van der Waals surface area (Å²) in [4.78, 5) is 39.2. The monoisotopic (exact) mass is 374 g/mol. The van der Waals surface area contributed by atoms with Crippen LogP contribution < -0.4 is 5.32 Å². The fourth-order valence-corrected chi connectivity index (χ4v) is 3.88. The average Bonchev–Trinajstić information content (AvgIpc) is 2.91. The number of rotatable bonds is 4. The van der Waals surface area contributed by atoms with E-state index in [2.05, 4.69) is 5.32 Å². The predicted octanol–water partition coefficient (Wildman–Crippen LogP) is 2.05. The van der Waals surface area contributed by atoms with Crippen LogP contribution in [0.25, 0.3) is 0 Å². The molecule has 2 heterocycles. The average molecular weight is 374 g/mol. The molecule has 7 nitrogen and oxygen atoms in total. The van der Waals surface area contributed by atoms with Gasteiger partial charge in [-0.25, -0.2) is 9.59 Å². The SMILES string of the molecule is CC(C)(C)OC(=O)C(C1CCNCC1)N1Cc2cccc(C(=O)O)c2C1=O. The largest absolute Gasteiger partial charge is 0.478 e. The number of esters is 1. The second-order valence-corrected chi connectivity index (χ2v) is 8.14. The van der Waals surface area contributed by atoms with E-state index in [1.807, 2.05) is 0 Å². The van der Waals surface area contributed by atoms with Crippen LogP contribution in [0.3, 0.4) is 0 Å². The van der Waals surface area contributed by atoms with E-state index in [0.717, 1.165) is 25.9 Å². The summed E-state index contributed by atoms with van der Waals surface area (Å²) >= 11 is 0. The maximum absolute atomic E-state index is 13.1. The normalized spacial score (nSPS) is 18.9. The third-order valence-corrected chi connectivity index (χ3v) is 5.01. The highest BCUT2D eigenvalue weighted by atomic mass is 16.6. The summed E-state index contributed by atoms with van der Waals surface area (Å²) in [5.41, 5.74) is 0.146. The number of nitrogens with zero attached hydrogens (tertiary/aromatic N) is 1. The van der Waals surface area contributed by atoms with Gasteiger partial charge in [0, 0.05) is 6.54 Å². The highest BCUT2D eigenvalue weighted by Gasteiger charge is 2.44. The van der Waals surface area contributed by atoms with E-state index in [9.17, 15) is 19.5 Å². The quantitative estimate of drug-likeness (QED) is 0.783. The van der Waals surface area contributed by atoms with Crippen molar-refractivity contribution in [2.75, 3.05) is 13.1 Å². The maximum Gasteiger partial charge on any atom is 0.336 e. The van der Waals surface area contributed by atoms with Crippen LogP contribution in [-0.2, 0) is 16.1 Å². The minimum absolute atomic E-state index is 0.0201. The first-order valence-electron chi connectivity index (χ1n) is 9.29. The first-order chi connectivity index (χ1) is 12.7. The molecule has 27 heavy (non-hydrogen) atoms. The molecule has 146 valence electrons. The number of benzene rings is 1. The lowest BCUT2D eigenvalue weighted by molar-refractivity contribution is -0.163. The minimum atomic E-state index is -1.14. The second-order valence-electron chi connectivity index (χ2n) is 8.14. The molecule has 1 atom stereocenters. The lowest BCUT2D eigenvalue weighted by Gasteiger charge is -2.36. The van der Waals surface area contributed by atoms with Gasteiger partial charge in [-0.2, -0.15) is 0 Å². The molecule has 0 aromatic heterocycles. The van der Waals surface area contributed by atoms with Crippen molar-refractivity contribution >= 4 is 17.8 Å². The van der Waals surface area contributed by atoms with Gasteiger partial charge < -0.3 is 20.1 Å². The molecule has 0 spiro atoms. The Morgan fingerprint density at radius 3 is 2.52 bits per heavy atom. The van der Waals surface area contributed by atoms with Gasteiger partial charge in [-0.15, -0.1) is 0 Å². The third-order valence-electron chi connectivity index (χ3n) is 5.01. The molecule has 1 unspecified atom stereocenters. The van der Waals surface area contributed by atoms with E-state index in [0.29, 0.717) is 5.56 Å². The van der Waals surface area contributed by atoms with Crippen molar-refractivity contribution in [2.24, 2.45) is 5.92 Å². The van der Waals surface area contributed by atoms with Gasteiger partial charge in [-0.1, -0.05) is 12.1 Å². The van der Waals surface area contributed by atoms with Crippen LogP contribution in [0.2, 0.25) is 0 Å². The fourth-order valence-electron chi connectivity index (χ4n) is 3.88. The standard InChI is InChI=1S/C20H26N2O5/c1-20(2,3)27-19(26)16(12-7-9-21-10-8-12)22-11-13-5-4-6-14(18(24)25)15(13)17(22)23/h4-6,12,16,21H,7-11H2,1-3H3,(H,24,25). The van der Waals surface area contributed by atoms with E-state index in [4.69, 9.17) is 4.74 Å². The number of fused-ring (bicyclic) bond motifs is 1. The van der Waals surface area contributed by atoms with Crippen molar-refractivity contribution in [3.05, 3.63) is 34.9 Å². The summed E-state index contributed by atoms with van der Waals surface area (Å²) in [5, 5.41) is 12.7. The molecule has 1 saturated heterocycles. The third kappa shape index (κ3) is 3.98. The van der Waals surface area contributed by atoms with E-state index in [1.54, 1.807) is 32.9 Å². The Morgan fingerprint density at radius 2 is 1.93 bits per heavy atom. The van der Waals surface area contributed by atoms with E-state index < -0.39 is 29.5 Å². The Labute approximate surface area is 158 Å². The van der Waals surface area contributed by atoms with Crippen LogP contribution in [0.5, 0.6) is 0 Å². The summed E-state index contributed by atoms with van der Waals surface area (Å²) in [7, 11) is 0. The van der Waals surface area contributed by atoms with Crippen LogP contribution >= 0.6 is 0 Å². The zero-order valence-electron chi connectivity index (χ0n) is 15.9. The summed E-state index contributed by atoms with van der Waals surface area (Å²) in [6.45, 7) is 7.18. The van der Waals surface area contributed by atoms with Gasteiger partial charge in [-0.3, -0.25) is 4.79 Å². The number of ether oxygens (including phenoxy) is 1. The summed E-state index contributed by atoms with van der Waals surface area (Å²) < 4.78 is 5.62. The summed E-state index contributed by atoms with van der Waals surface area (Å²) in [6, 6.07) is 4.09. The number of carbonyl (C=O) groups excluding carboxylic acids is 2. The molecule has 2 N–H and O–H groups in total. The molecule has 7 heteroatoms. The highest BCUT2D eigenvalue weighted by molar-refractivity contribution is 6.08. The van der Waals surface area contributed by atoms with Crippen LogP contribution in [-0.4, -0.2) is 52.6 Å². The van der Waals surface area contributed by atoms with Crippen LogP contribution in [0.15, 0.2) is 18.2 Å². The predicted molar refractivity (Wildman–Crippen MR) is 98.5 cm³/mol.